The summed E-state index contributed by atoms with van der Waals surface area (Å²) >= 11 is 3.46. The van der Waals surface area contributed by atoms with Gasteiger partial charge in [0.25, 0.3) is 0 Å². The number of carbonyl (C=O) groups excluding carboxylic acids is 2. The number of carbonyl (C=O) groups is 2. The Kier molecular flexibility index (Phi) is 5.03. The predicted octanol–water partition coefficient (Wildman–Crippen LogP) is 3.93. The summed E-state index contributed by atoms with van der Waals surface area (Å²) in [5.41, 5.74) is 1.90. The second-order valence-corrected chi connectivity index (χ2v) is 7.36. The van der Waals surface area contributed by atoms with Crippen molar-refractivity contribution in [2.75, 3.05) is 18.5 Å². The molecule has 6 nitrogen and oxygen atoms in total. The van der Waals surface area contributed by atoms with Gasteiger partial charge in [-0.25, -0.2) is 4.79 Å². The van der Waals surface area contributed by atoms with Crippen molar-refractivity contribution in [3.05, 3.63) is 52.0 Å². The van der Waals surface area contributed by atoms with E-state index < -0.39 is 5.97 Å². The van der Waals surface area contributed by atoms with E-state index in [9.17, 15) is 9.59 Å². The molecular weight excluding hydrogens is 414 g/mol. The van der Waals surface area contributed by atoms with Crippen LogP contribution in [0.15, 0.2) is 40.9 Å². The van der Waals surface area contributed by atoms with Gasteiger partial charge in [-0.2, -0.15) is 0 Å². The highest BCUT2D eigenvalue weighted by atomic mass is 79.9. The van der Waals surface area contributed by atoms with Crippen LogP contribution in [0, 0.1) is 5.92 Å². The van der Waals surface area contributed by atoms with Crippen LogP contribution in [0.4, 0.5) is 5.69 Å². The molecule has 1 amide bonds. The normalized spacial score (nSPS) is 15.1. The van der Waals surface area contributed by atoms with E-state index in [1.165, 1.54) is 0 Å². The average molecular weight is 432 g/mol. The number of amides is 1. The van der Waals surface area contributed by atoms with Crippen molar-refractivity contribution in [1.82, 2.24) is 0 Å². The molecule has 140 valence electrons. The van der Waals surface area contributed by atoms with Crippen molar-refractivity contribution >= 4 is 33.5 Å². The van der Waals surface area contributed by atoms with Crippen molar-refractivity contribution in [1.29, 1.82) is 0 Å². The molecule has 2 aromatic rings. The minimum atomic E-state index is -0.433. The third-order valence-corrected chi connectivity index (χ3v) is 5.14. The van der Waals surface area contributed by atoms with Crippen molar-refractivity contribution in [2.24, 2.45) is 5.92 Å². The maximum absolute atomic E-state index is 12.3. The maximum Gasteiger partial charge on any atom is 0.338 e. The molecule has 1 saturated carbocycles. The number of hydrogen-bond donors (Lipinski definition) is 1. The summed E-state index contributed by atoms with van der Waals surface area (Å²) in [5.74, 6) is 1.06. The number of rotatable bonds is 5. The van der Waals surface area contributed by atoms with E-state index in [1.54, 1.807) is 24.3 Å². The van der Waals surface area contributed by atoms with Crippen LogP contribution in [-0.4, -0.2) is 25.1 Å². The lowest BCUT2D eigenvalue weighted by molar-refractivity contribution is -0.117. The topological polar surface area (TPSA) is 73.9 Å². The number of anilines is 1. The zero-order valence-corrected chi connectivity index (χ0v) is 16.1. The molecule has 4 rings (SSSR count). The predicted molar refractivity (Wildman–Crippen MR) is 102 cm³/mol. The number of esters is 1. The van der Waals surface area contributed by atoms with E-state index in [2.05, 4.69) is 21.2 Å². The summed E-state index contributed by atoms with van der Waals surface area (Å²) in [6, 6.07) is 10.3. The van der Waals surface area contributed by atoms with Crippen molar-refractivity contribution in [2.45, 2.75) is 19.4 Å². The van der Waals surface area contributed by atoms with Crippen LogP contribution in [0.3, 0.4) is 0 Å². The van der Waals surface area contributed by atoms with Gasteiger partial charge in [0.15, 0.2) is 11.5 Å². The first-order chi connectivity index (χ1) is 13.1. The van der Waals surface area contributed by atoms with E-state index in [-0.39, 0.29) is 18.4 Å². The summed E-state index contributed by atoms with van der Waals surface area (Å²) < 4.78 is 17.3. The molecule has 2 aliphatic rings. The molecule has 1 heterocycles. The molecule has 0 bridgehead atoms. The quantitative estimate of drug-likeness (QED) is 0.725. The average Bonchev–Trinajstić information content (AvgIpc) is 3.52. The molecule has 0 radical (unpaired) electrons. The van der Waals surface area contributed by atoms with Crippen LogP contribution in [0.25, 0.3) is 0 Å². The van der Waals surface area contributed by atoms with Crippen LogP contribution < -0.4 is 14.8 Å². The molecule has 0 atom stereocenters. The Morgan fingerprint density at radius 3 is 2.41 bits per heavy atom. The number of hydrogen-bond acceptors (Lipinski definition) is 5. The lowest BCUT2D eigenvalue weighted by Gasteiger charge is -2.19. The minimum absolute atomic E-state index is 0.0359. The van der Waals surface area contributed by atoms with Gasteiger partial charge in [-0.3, -0.25) is 4.79 Å². The summed E-state index contributed by atoms with van der Waals surface area (Å²) in [7, 11) is 0. The monoisotopic (exact) mass is 431 g/mol. The first kappa shape index (κ1) is 17.9. The number of fused-ring (bicyclic) bond motifs is 1. The van der Waals surface area contributed by atoms with Gasteiger partial charge in [0.1, 0.15) is 19.8 Å². The Balaban J connectivity index is 1.37. The molecule has 1 aliphatic carbocycles. The summed E-state index contributed by atoms with van der Waals surface area (Å²) in [6.07, 6.45) is 1.90. The van der Waals surface area contributed by atoms with Gasteiger partial charge in [-0.15, -0.1) is 0 Å². The Bertz CT molecular complexity index is 877. The van der Waals surface area contributed by atoms with Crippen molar-refractivity contribution < 1.29 is 23.8 Å². The molecule has 27 heavy (non-hydrogen) atoms. The van der Waals surface area contributed by atoms with Gasteiger partial charge >= 0.3 is 5.97 Å². The highest BCUT2D eigenvalue weighted by Gasteiger charge is 2.29. The third kappa shape index (κ3) is 4.24. The van der Waals surface area contributed by atoms with E-state index in [4.69, 9.17) is 14.2 Å². The number of halogens is 1. The lowest BCUT2D eigenvalue weighted by Crippen LogP contribution is -2.16. The largest absolute Gasteiger partial charge is 0.486 e. The number of benzene rings is 2. The smallest absolute Gasteiger partial charge is 0.338 e. The van der Waals surface area contributed by atoms with E-state index in [0.29, 0.717) is 36.0 Å². The fourth-order valence-electron chi connectivity index (χ4n) is 2.72. The summed E-state index contributed by atoms with van der Waals surface area (Å²) in [6.45, 7) is 1.12. The van der Waals surface area contributed by atoms with Gasteiger partial charge in [-0.05, 0) is 49.2 Å². The second-order valence-electron chi connectivity index (χ2n) is 6.50. The molecule has 1 aliphatic heterocycles. The lowest BCUT2D eigenvalue weighted by atomic mass is 10.2. The van der Waals surface area contributed by atoms with Crippen LogP contribution in [0.1, 0.15) is 28.8 Å². The molecule has 7 heteroatoms. The first-order valence-electron chi connectivity index (χ1n) is 8.76. The third-order valence-electron chi connectivity index (χ3n) is 4.41. The van der Waals surface area contributed by atoms with Gasteiger partial charge < -0.3 is 19.5 Å². The van der Waals surface area contributed by atoms with Crippen molar-refractivity contribution in [3.8, 4) is 11.5 Å². The zero-order valence-electron chi connectivity index (χ0n) is 14.5. The second kappa shape index (κ2) is 7.60. The van der Waals surface area contributed by atoms with Gasteiger partial charge in [0.05, 0.1) is 5.56 Å². The van der Waals surface area contributed by atoms with Crippen LogP contribution in [0.2, 0.25) is 0 Å². The molecule has 1 N–H and O–H groups in total. The molecule has 0 saturated heterocycles. The van der Waals surface area contributed by atoms with E-state index >= 15 is 0 Å². The van der Waals surface area contributed by atoms with Crippen LogP contribution in [0.5, 0.6) is 11.5 Å². The zero-order chi connectivity index (χ0) is 18.8. The molecule has 2 aromatic carbocycles. The van der Waals surface area contributed by atoms with E-state index in [1.807, 2.05) is 12.1 Å². The molecule has 1 fully saturated rings. The van der Waals surface area contributed by atoms with Crippen LogP contribution in [-0.2, 0) is 16.1 Å². The van der Waals surface area contributed by atoms with Gasteiger partial charge in [-0.1, -0.05) is 15.9 Å². The standard InChI is InChI=1S/C20H18BrNO5/c21-16-10-18-17(25-7-8-26-18)9-14(16)11-27-20(24)13-3-5-15(6-4-13)22-19(23)12-1-2-12/h3-6,9-10,12H,1-2,7-8,11H2,(H,22,23). The Morgan fingerprint density at radius 1 is 1.07 bits per heavy atom. The number of nitrogens with one attached hydrogen (secondary N) is 1. The Labute approximate surface area is 164 Å². The fourth-order valence-corrected chi connectivity index (χ4v) is 3.16. The van der Waals surface area contributed by atoms with Gasteiger partial charge in [0, 0.05) is 21.6 Å². The minimum Gasteiger partial charge on any atom is -0.486 e. The van der Waals surface area contributed by atoms with E-state index in [0.717, 1.165) is 22.9 Å². The number of ether oxygens (including phenoxy) is 3. The fraction of sp³-hybridized carbons (Fsp3) is 0.300. The summed E-state index contributed by atoms with van der Waals surface area (Å²) in [4.78, 5) is 24.0. The molecule has 0 spiro atoms. The highest BCUT2D eigenvalue weighted by Crippen LogP contribution is 2.36. The molecular formula is C20H18BrNO5. The van der Waals surface area contributed by atoms with Crippen LogP contribution >= 0.6 is 15.9 Å². The Morgan fingerprint density at radius 2 is 1.74 bits per heavy atom. The SMILES string of the molecule is O=C(OCc1cc2c(cc1Br)OCCO2)c1ccc(NC(=O)C2CC2)cc1. The van der Waals surface area contributed by atoms with Crippen molar-refractivity contribution in [3.63, 3.8) is 0 Å². The first-order valence-corrected chi connectivity index (χ1v) is 9.55. The van der Waals surface area contributed by atoms with Gasteiger partial charge in [0.2, 0.25) is 5.91 Å². The summed E-state index contributed by atoms with van der Waals surface area (Å²) in [5, 5.41) is 2.84. The highest BCUT2D eigenvalue weighted by molar-refractivity contribution is 9.10. The Hall–Kier alpha value is -2.54. The maximum atomic E-state index is 12.3. The molecule has 0 unspecified atom stereocenters. The molecule has 0 aromatic heterocycles.